The minimum Gasteiger partial charge on any atom is -0.315 e. The molecule has 2 aliphatic rings. The largest absolute Gasteiger partial charge is 0.315 e. The molecule has 17 heavy (non-hydrogen) atoms. The molecule has 1 N–H and O–H groups in total. The molecular weight excluding hydrogens is 208 g/mol. The van der Waals surface area contributed by atoms with Crippen LogP contribution in [0.2, 0.25) is 0 Å². The Morgan fingerprint density at radius 1 is 1.00 bits per heavy atom. The van der Waals surface area contributed by atoms with E-state index < -0.39 is 0 Å². The monoisotopic (exact) mass is 238 g/mol. The van der Waals surface area contributed by atoms with Crippen LogP contribution in [0.25, 0.3) is 0 Å². The minimum atomic E-state index is 0.731. The van der Waals surface area contributed by atoms with Crippen molar-refractivity contribution in [1.82, 2.24) is 10.2 Å². The summed E-state index contributed by atoms with van der Waals surface area (Å²) in [4.78, 5) is 2.77. The number of nitrogens with one attached hydrogen (secondary N) is 1. The summed E-state index contributed by atoms with van der Waals surface area (Å²) in [6.07, 6.45) is 11.5. The van der Waals surface area contributed by atoms with Crippen LogP contribution in [0.15, 0.2) is 0 Å². The van der Waals surface area contributed by atoms with E-state index in [1.54, 1.807) is 0 Å². The molecule has 2 unspecified atom stereocenters. The van der Waals surface area contributed by atoms with Gasteiger partial charge in [0.15, 0.2) is 0 Å². The highest BCUT2D eigenvalue weighted by Gasteiger charge is 2.31. The van der Waals surface area contributed by atoms with Crippen LogP contribution in [0.3, 0.4) is 0 Å². The molecule has 0 aromatic carbocycles. The van der Waals surface area contributed by atoms with Crippen molar-refractivity contribution in [3.05, 3.63) is 0 Å². The maximum absolute atomic E-state index is 3.59. The number of rotatable bonds is 5. The van der Waals surface area contributed by atoms with E-state index in [0.29, 0.717) is 0 Å². The highest BCUT2D eigenvalue weighted by atomic mass is 15.2. The summed E-state index contributed by atoms with van der Waals surface area (Å²) in [7, 11) is 2.16. The lowest BCUT2D eigenvalue weighted by atomic mass is 9.91. The molecule has 0 aliphatic heterocycles. The van der Waals surface area contributed by atoms with Crippen LogP contribution in [0, 0.1) is 5.92 Å². The minimum absolute atomic E-state index is 0.731. The van der Waals surface area contributed by atoms with Crippen LogP contribution < -0.4 is 5.32 Å². The lowest BCUT2D eigenvalue weighted by molar-refractivity contribution is 0.137. The topological polar surface area (TPSA) is 15.3 Å². The van der Waals surface area contributed by atoms with Gasteiger partial charge in [0.25, 0.3) is 0 Å². The summed E-state index contributed by atoms with van der Waals surface area (Å²) in [5.74, 6) is 1.03. The second-order valence-electron chi connectivity index (χ2n) is 5.99. The molecule has 2 heteroatoms. The first-order chi connectivity index (χ1) is 8.35. The molecule has 0 amide bonds. The molecule has 0 spiro atoms. The normalized spacial score (nSPS) is 31.2. The van der Waals surface area contributed by atoms with E-state index in [-0.39, 0.29) is 0 Å². The highest BCUT2D eigenvalue weighted by molar-refractivity contribution is 4.88. The predicted molar refractivity (Wildman–Crippen MR) is 74.3 cm³/mol. The quantitative estimate of drug-likeness (QED) is 0.792. The first-order valence-corrected chi connectivity index (χ1v) is 7.76. The van der Waals surface area contributed by atoms with Crippen molar-refractivity contribution in [2.75, 3.05) is 20.1 Å². The second-order valence-corrected chi connectivity index (χ2v) is 5.99. The summed E-state index contributed by atoms with van der Waals surface area (Å²) < 4.78 is 0. The van der Waals surface area contributed by atoms with Gasteiger partial charge in [-0.25, -0.2) is 0 Å². The van der Waals surface area contributed by atoms with E-state index in [1.165, 1.54) is 64.5 Å². The van der Waals surface area contributed by atoms with Crippen molar-refractivity contribution in [3.63, 3.8) is 0 Å². The Kier molecular flexibility index (Phi) is 5.30. The molecule has 2 nitrogen and oxygen atoms in total. The van der Waals surface area contributed by atoms with Gasteiger partial charge >= 0.3 is 0 Å². The molecule has 0 heterocycles. The summed E-state index contributed by atoms with van der Waals surface area (Å²) in [6, 6.07) is 1.53. The second kappa shape index (κ2) is 6.75. The Labute approximate surface area is 107 Å². The lowest BCUT2D eigenvalue weighted by Crippen LogP contribution is -2.50. The highest BCUT2D eigenvalue weighted by Crippen LogP contribution is 2.32. The average Bonchev–Trinajstić information content (AvgIpc) is 3.11. The zero-order valence-electron chi connectivity index (χ0n) is 11.8. The van der Waals surface area contributed by atoms with Gasteiger partial charge in [0.2, 0.25) is 0 Å². The third-order valence-corrected chi connectivity index (χ3v) is 4.67. The van der Waals surface area contributed by atoms with E-state index in [2.05, 4.69) is 24.2 Å². The first kappa shape index (κ1) is 13.4. The van der Waals surface area contributed by atoms with Gasteiger partial charge < -0.3 is 5.32 Å². The van der Waals surface area contributed by atoms with E-state index in [4.69, 9.17) is 0 Å². The van der Waals surface area contributed by atoms with Gasteiger partial charge in [-0.1, -0.05) is 32.6 Å². The maximum atomic E-state index is 3.59. The van der Waals surface area contributed by atoms with Crippen molar-refractivity contribution in [2.45, 2.75) is 70.4 Å². The Morgan fingerprint density at radius 3 is 2.29 bits per heavy atom. The molecule has 0 radical (unpaired) electrons. The van der Waals surface area contributed by atoms with E-state index in [9.17, 15) is 0 Å². The zero-order valence-corrected chi connectivity index (χ0v) is 11.8. The standard InChI is InChI=1S/C15H30N2/c1-3-17(12-13-10-11-13)15-9-7-5-4-6-8-14(15)16-2/h13-16H,3-12H2,1-2H3. The van der Waals surface area contributed by atoms with Gasteiger partial charge in [0, 0.05) is 18.6 Å². The number of hydrogen-bond donors (Lipinski definition) is 1. The van der Waals surface area contributed by atoms with Crippen LogP contribution in [-0.2, 0) is 0 Å². The van der Waals surface area contributed by atoms with Crippen molar-refractivity contribution >= 4 is 0 Å². The Morgan fingerprint density at radius 2 is 1.71 bits per heavy atom. The number of hydrogen-bond acceptors (Lipinski definition) is 2. The molecule has 2 atom stereocenters. The molecule has 2 saturated carbocycles. The fraction of sp³-hybridized carbons (Fsp3) is 1.00. The Bertz CT molecular complexity index is 213. The van der Waals surface area contributed by atoms with Gasteiger partial charge in [-0.2, -0.15) is 0 Å². The smallest absolute Gasteiger partial charge is 0.0249 e. The average molecular weight is 238 g/mol. The van der Waals surface area contributed by atoms with Crippen molar-refractivity contribution in [1.29, 1.82) is 0 Å². The van der Waals surface area contributed by atoms with E-state index in [1.807, 2.05) is 0 Å². The fourth-order valence-electron chi connectivity index (χ4n) is 3.37. The summed E-state index contributed by atoms with van der Waals surface area (Å²) in [5.41, 5.74) is 0. The molecule has 2 fully saturated rings. The fourth-order valence-corrected chi connectivity index (χ4v) is 3.37. The van der Waals surface area contributed by atoms with Crippen LogP contribution in [0.1, 0.15) is 58.3 Å². The molecule has 2 aliphatic carbocycles. The molecule has 0 aromatic heterocycles. The molecule has 0 bridgehead atoms. The van der Waals surface area contributed by atoms with Gasteiger partial charge in [-0.05, 0) is 45.2 Å². The van der Waals surface area contributed by atoms with E-state index in [0.717, 1.165) is 18.0 Å². The van der Waals surface area contributed by atoms with Crippen LogP contribution >= 0.6 is 0 Å². The van der Waals surface area contributed by atoms with Gasteiger partial charge in [0.05, 0.1) is 0 Å². The molecule has 0 aromatic rings. The van der Waals surface area contributed by atoms with Crippen molar-refractivity contribution in [3.8, 4) is 0 Å². The lowest BCUT2D eigenvalue weighted by Gasteiger charge is -2.38. The summed E-state index contributed by atoms with van der Waals surface area (Å²) in [5, 5.41) is 3.59. The predicted octanol–water partition coefficient (Wildman–Crippen LogP) is 3.03. The van der Waals surface area contributed by atoms with Gasteiger partial charge in [0.1, 0.15) is 0 Å². The summed E-state index contributed by atoms with van der Waals surface area (Å²) >= 11 is 0. The molecule has 0 saturated heterocycles. The van der Waals surface area contributed by atoms with Crippen LogP contribution in [0.5, 0.6) is 0 Å². The third kappa shape index (κ3) is 3.96. The van der Waals surface area contributed by atoms with Gasteiger partial charge in [-0.15, -0.1) is 0 Å². The zero-order chi connectivity index (χ0) is 12.1. The Hall–Kier alpha value is -0.0800. The van der Waals surface area contributed by atoms with Gasteiger partial charge in [-0.3, -0.25) is 4.90 Å². The molecule has 100 valence electrons. The number of nitrogens with zero attached hydrogens (tertiary/aromatic N) is 1. The molecular formula is C15H30N2. The SMILES string of the molecule is CCN(CC1CC1)C1CCCCCCC1NC. The Balaban J connectivity index is 1.94. The summed E-state index contributed by atoms with van der Waals surface area (Å²) in [6.45, 7) is 4.94. The number of likely N-dealkylation sites (N-methyl/N-ethyl adjacent to an activating group) is 2. The van der Waals surface area contributed by atoms with Crippen LogP contribution in [0.4, 0.5) is 0 Å². The first-order valence-electron chi connectivity index (χ1n) is 7.76. The third-order valence-electron chi connectivity index (χ3n) is 4.67. The molecule has 2 rings (SSSR count). The van der Waals surface area contributed by atoms with E-state index >= 15 is 0 Å². The van der Waals surface area contributed by atoms with Crippen molar-refractivity contribution < 1.29 is 0 Å². The van der Waals surface area contributed by atoms with Crippen LogP contribution in [-0.4, -0.2) is 37.1 Å². The van der Waals surface area contributed by atoms with Crippen molar-refractivity contribution in [2.24, 2.45) is 5.92 Å². The maximum Gasteiger partial charge on any atom is 0.0249 e.